The van der Waals surface area contributed by atoms with Gasteiger partial charge in [-0.05, 0) is 71.0 Å². The van der Waals surface area contributed by atoms with Crippen molar-refractivity contribution in [3.05, 3.63) is 0 Å². The molecule has 1 amide bonds. The third kappa shape index (κ3) is 6.84. The lowest BCUT2D eigenvalue weighted by Gasteiger charge is -2.33. The normalized spacial score (nSPS) is 23.7. The number of rotatable bonds is 7. The van der Waals surface area contributed by atoms with Crippen LogP contribution in [-0.4, -0.2) is 67.5 Å². The molecule has 25 heavy (non-hydrogen) atoms. The number of nitrogens with two attached hydrogens (primary N) is 1. The van der Waals surface area contributed by atoms with Gasteiger partial charge in [-0.15, -0.1) is 0 Å². The van der Waals surface area contributed by atoms with Gasteiger partial charge in [0, 0.05) is 32.1 Å². The van der Waals surface area contributed by atoms with Gasteiger partial charge in [0.05, 0.1) is 0 Å². The summed E-state index contributed by atoms with van der Waals surface area (Å²) in [6.07, 6.45) is 6.74. The van der Waals surface area contributed by atoms with Crippen molar-refractivity contribution in [3.63, 3.8) is 0 Å². The van der Waals surface area contributed by atoms with Crippen molar-refractivity contribution in [3.8, 4) is 0 Å². The summed E-state index contributed by atoms with van der Waals surface area (Å²) < 4.78 is 0. The van der Waals surface area contributed by atoms with E-state index in [9.17, 15) is 4.79 Å². The highest BCUT2D eigenvalue weighted by molar-refractivity contribution is 5.80. The molecule has 3 N–H and O–H groups in total. The molecule has 2 heterocycles. The molecule has 2 fully saturated rings. The maximum absolute atomic E-state index is 11.2. The molecule has 0 aromatic carbocycles. The minimum Gasteiger partial charge on any atom is -0.369 e. The average molecular weight is 352 g/mol. The number of nitrogens with zero attached hydrogens (tertiary/aromatic N) is 3. The molecule has 2 rings (SSSR count). The Kier molecular flexibility index (Phi) is 8.52. The molecule has 0 aliphatic carbocycles. The van der Waals surface area contributed by atoms with E-state index in [0.717, 1.165) is 77.0 Å². The largest absolute Gasteiger partial charge is 0.369 e. The highest BCUT2D eigenvalue weighted by atomic mass is 16.1. The fraction of sp³-hybridized carbons (Fsp3) is 0.895. The Hall–Kier alpha value is -1.30. The van der Waals surface area contributed by atoms with Crippen molar-refractivity contribution in [2.75, 3.05) is 45.8 Å². The number of amides is 1. The third-order valence-corrected chi connectivity index (χ3v) is 5.43. The number of guanidine groups is 1. The van der Waals surface area contributed by atoms with Crippen LogP contribution >= 0.6 is 0 Å². The SMILES string of the molecule is CCNC(=NCCCCN1CCC(C(N)=O)CC1)N1CCCC(C)C1. The van der Waals surface area contributed by atoms with Crippen LogP contribution in [0.2, 0.25) is 0 Å². The fourth-order valence-corrected chi connectivity index (χ4v) is 3.88. The van der Waals surface area contributed by atoms with Crippen molar-refractivity contribution in [2.45, 2.75) is 52.4 Å². The van der Waals surface area contributed by atoms with Gasteiger partial charge in [-0.2, -0.15) is 0 Å². The molecule has 0 radical (unpaired) electrons. The number of piperidine rings is 2. The molecule has 1 atom stereocenters. The Labute approximate surface area is 153 Å². The zero-order valence-electron chi connectivity index (χ0n) is 16.2. The van der Waals surface area contributed by atoms with Crippen LogP contribution in [0.5, 0.6) is 0 Å². The topological polar surface area (TPSA) is 74.0 Å². The molecule has 2 saturated heterocycles. The van der Waals surface area contributed by atoms with Gasteiger partial charge in [0.15, 0.2) is 5.96 Å². The number of unbranched alkanes of at least 4 members (excludes halogenated alkanes) is 1. The van der Waals surface area contributed by atoms with E-state index < -0.39 is 0 Å². The van der Waals surface area contributed by atoms with Crippen molar-refractivity contribution in [1.29, 1.82) is 0 Å². The number of hydrogen-bond donors (Lipinski definition) is 2. The Balaban J connectivity index is 1.65. The number of aliphatic imine (C=N–C) groups is 1. The first kappa shape index (κ1) is 20.0. The molecule has 0 bridgehead atoms. The number of primary amides is 1. The smallest absolute Gasteiger partial charge is 0.220 e. The Morgan fingerprint density at radius 1 is 1.20 bits per heavy atom. The van der Waals surface area contributed by atoms with Crippen molar-refractivity contribution < 1.29 is 4.79 Å². The monoisotopic (exact) mass is 351 g/mol. The van der Waals surface area contributed by atoms with Gasteiger partial charge in [-0.1, -0.05) is 6.92 Å². The van der Waals surface area contributed by atoms with Crippen LogP contribution in [0.4, 0.5) is 0 Å². The van der Waals surface area contributed by atoms with Gasteiger partial charge < -0.3 is 20.9 Å². The lowest BCUT2D eigenvalue weighted by molar-refractivity contribution is -0.123. The van der Waals surface area contributed by atoms with Crippen molar-refractivity contribution >= 4 is 11.9 Å². The summed E-state index contributed by atoms with van der Waals surface area (Å²) in [6.45, 7) is 11.7. The standard InChI is InChI=1S/C19H37N5O/c1-3-21-19(24-12-6-7-16(2)15-24)22-10-4-5-11-23-13-8-17(9-14-23)18(20)25/h16-17H,3-15H2,1-2H3,(H2,20,25)(H,21,22). The highest BCUT2D eigenvalue weighted by Crippen LogP contribution is 2.17. The molecular weight excluding hydrogens is 314 g/mol. The number of nitrogens with one attached hydrogen (secondary N) is 1. The van der Waals surface area contributed by atoms with Crippen LogP contribution in [0.15, 0.2) is 4.99 Å². The van der Waals surface area contributed by atoms with Gasteiger partial charge >= 0.3 is 0 Å². The van der Waals surface area contributed by atoms with Crippen LogP contribution in [0.1, 0.15) is 52.4 Å². The molecule has 0 aromatic rings. The van der Waals surface area contributed by atoms with Crippen LogP contribution in [-0.2, 0) is 4.79 Å². The van der Waals surface area contributed by atoms with E-state index in [2.05, 4.69) is 29.0 Å². The summed E-state index contributed by atoms with van der Waals surface area (Å²) in [5, 5.41) is 3.45. The second-order valence-electron chi connectivity index (χ2n) is 7.65. The number of carbonyl (C=O) groups excluding carboxylic acids is 1. The number of hydrogen-bond acceptors (Lipinski definition) is 3. The summed E-state index contributed by atoms with van der Waals surface area (Å²) in [7, 11) is 0. The van der Waals surface area contributed by atoms with Gasteiger partial charge in [0.25, 0.3) is 0 Å². The van der Waals surface area contributed by atoms with Crippen LogP contribution < -0.4 is 11.1 Å². The minimum atomic E-state index is -0.128. The highest BCUT2D eigenvalue weighted by Gasteiger charge is 2.22. The summed E-state index contributed by atoms with van der Waals surface area (Å²) in [5.41, 5.74) is 5.39. The summed E-state index contributed by atoms with van der Waals surface area (Å²) in [4.78, 5) is 20.9. The first-order chi connectivity index (χ1) is 12.1. The van der Waals surface area contributed by atoms with E-state index in [1.165, 1.54) is 19.3 Å². The van der Waals surface area contributed by atoms with Crippen LogP contribution in [0.25, 0.3) is 0 Å². The van der Waals surface area contributed by atoms with Gasteiger partial charge in [0.1, 0.15) is 0 Å². The zero-order chi connectivity index (χ0) is 18.1. The number of likely N-dealkylation sites (tertiary alicyclic amines) is 2. The summed E-state index contributed by atoms with van der Waals surface area (Å²) >= 11 is 0. The van der Waals surface area contributed by atoms with Crippen molar-refractivity contribution in [1.82, 2.24) is 15.1 Å². The molecule has 2 aliphatic rings. The van der Waals surface area contributed by atoms with Crippen molar-refractivity contribution in [2.24, 2.45) is 22.6 Å². The van der Waals surface area contributed by atoms with E-state index in [1.807, 2.05) is 0 Å². The third-order valence-electron chi connectivity index (χ3n) is 5.43. The summed E-state index contributed by atoms with van der Waals surface area (Å²) in [6, 6.07) is 0. The lowest BCUT2D eigenvalue weighted by atomic mass is 9.96. The molecule has 0 aromatic heterocycles. The van der Waals surface area contributed by atoms with Gasteiger partial charge in [-0.3, -0.25) is 9.79 Å². The Morgan fingerprint density at radius 3 is 2.60 bits per heavy atom. The molecule has 1 unspecified atom stereocenters. The van der Waals surface area contributed by atoms with Gasteiger partial charge in [0.2, 0.25) is 5.91 Å². The fourth-order valence-electron chi connectivity index (χ4n) is 3.88. The molecule has 0 spiro atoms. The quantitative estimate of drug-likeness (QED) is 0.416. The summed E-state index contributed by atoms with van der Waals surface area (Å²) in [5.74, 6) is 1.82. The zero-order valence-corrected chi connectivity index (χ0v) is 16.2. The van der Waals surface area contributed by atoms with E-state index >= 15 is 0 Å². The second-order valence-corrected chi connectivity index (χ2v) is 7.65. The van der Waals surface area contributed by atoms with Crippen LogP contribution in [0, 0.1) is 11.8 Å². The molecule has 0 saturated carbocycles. The lowest BCUT2D eigenvalue weighted by Crippen LogP contribution is -2.46. The second kappa shape index (κ2) is 10.6. The molecule has 144 valence electrons. The van der Waals surface area contributed by atoms with E-state index in [1.54, 1.807) is 0 Å². The van der Waals surface area contributed by atoms with E-state index in [-0.39, 0.29) is 11.8 Å². The van der Waals surface area contributed by atoms with Gasteiger partial charge in [-0.25, -0.2) is 0 Å². The Morgan fingerprint density at radius 2 is 1.96 bits per heavy atom. The van der Waals surface area contributed by atoms with E-state index in [4.69, 9.17) is 10.7 Å². The molecular formula is C19H37N5O. The number of carbonyl (C=O) groups is 1. The molecule has 2 aliphatic heterocycles. The van der Waals surface area contributed by atoms with E-state index in [0.29, 0.717) is 0 Å². The molecule has 6 nitrogen and oxygen atoms in total. The maximum Gasteiger partial charge on any atom is 0.220 e. The van der Waals surface area contributed by atoms with Crippen LogP contribution in [0.3, 0.4) is 0 Å². The molecule has 6 heteroatoms. The minimum absolute atomic E-state index is 0.0930. The predicted molar refractivity (Wildman–Crippen MR) is 104 cm³/mol. The Bertz CT molecular complexity index is 432. The average Bonchev–Trinajstić information content (AvgIpc) is 2.61. The maximum atomic E-state index is 11.2. The predicted octanol–water partition coefficient (Wildman–Crippen LogP) is 1.66. The first-order valence-corrected chi connectivity index (χ1v) is 10.1. The first-order valence-electron chi connectivity index (χ1n) is 10.1.